The minimum atomic E-state index is -4.20. The van der Waals surface area contributed by atoms with E-state index < -0.39 is 49.8 Å². The number of benzene rings is 1. The molecule has 0 bridgehead atoms. The van der Waals surface area contributed by atoms with Gasteiger partial charge < -0.3 is 5.73 Å². The van der Waals surface area contributed by atoms with E-state index in [1.54, 1.807) is 0 Å². The molecular weight excluding hydrogens is 405 g/mol. The average molecular weight is 421 g/mol. The maximum atomic E-state index is 14.4. The molecule has 1 aromatic heterocycles. The highest BCUT2D eigenvalue weighted by Gasteiger charge is 2.36. The summed E-state index contributed by atoms with van der Waals surface area (Å²) in [4.78, 5) is 15.0. The lowest BCUT2D eigenvalue weighted by atomic mass is 10.00. The number of nitrogens with two attached hydrogens (primary N) is 1. The van der Waals surface area contributed by atoms with Crippen molar-refractivity contribution in [2.24, 2.45) is 5.73 Å². The standard InChI is InChI=1S/C17H16ClF3N2O3S/c1-9-7-13(17(22)24)23-8-10(9)16(27(25,26)6-2-5-18)14-11(19)3-4-12(20)15(14)21/h3-4,7-8,16H,2,5-6H2,1H3,(H2,22,24). The predicted octanol–water partition coefficient (Wildman–Crippen LogP) is 3.04. The van der Waals surface area contributed by atoms with Crippen molar-refractivity contribution < 1.29 is 26.4 Å². The molecule has 2 aromatic rings. The van der Waals surface area contributed by atoms with Gasteiger partial charge in [0.05, 0.1) is 5.75 Å². The molecule has 0 aliphatic rings. The first kappa shape index (κ1) is 21.2. The van der Waals surface area contributed by atoms with E-state index in [1.807, 2.05) is 0 Å². The first-order valence-corrected chi connectivity index (χ1v) is 10.0. The summed E-state index contributed by atoms with van der Waals surface area (Å²) in [5.41, 5.74) is 4.17. The molecule has 0 spiro atoms. The second kappa shape index (κ2) is 8.26. The normalized spacial score (nSPS) is 12.8. The quantitative estimate of drug-likeness (QED) is 0.550. The van der Waals surface area contributed by atoms with Crippen LogP contribution in [0.15, 0.2) is 24.4 Å². The number of nitrogens with zero attached hydrogens (tertiary/aromatic N) is 1. The van der Waals surface area contributed by atoms with Crippen molar-refractivity contribution in [1.82, 2.24) is 4.98 Å². The van der Waals surface area contributed by atoms with E-state index in [0.717, 1.165) is 6.20 Å². The largest absolute Gasteiger partial charge is 0.364 e. The van der Waals surface area contributed by atoms with Gasteiger partial charge in [-0.05, 0) is 42.7 Å². The van der Waals surface area contributed by atoms with E-state index in [0.29, 0.717) is 12.1 Å². The van der Waals surface area contributed by atoms with Crippen molar-refractivity contribution >= 4 is 27.3 Å². The molecule has 5 nitrogen and oxygen atoms in total. The Morgan fingerprint density at radius 2 is 1.89 bits per heavy atom. The van der Waals surface area contributed by atoms with E-state index in [-0.39, 0.29) is 29.1 Å². The Balaban J connectivity index is 2.77. The topological polar surface area (TPSA) is 90.1 Å². The van der Waals surface area contributed by atoms with Gasteiger partial charge in [0.1, 0.15) is 16.8 Å². The molecular formula is C17H16ClF3N2O3S. The minimum absolute atomic E-state index is 0.0118. The number of hydrogen-bond donors (Lipinski definition) is 1. The molecule has 1 atom stereocenters. The van der Waals surface area contributed by atoms with Crippen LogP contribution in [0.4, 0.5) is 13.2 Å². The number of carbonyl (C=O) groups is 1. The molecule has 10 heteroatoms. The van der Waals surface area contributed by atoms with Crippen molar-refractivity contribution in [2.75, 3.05) is 11.6 Å². The fraction of sp³-hybridized carbons (Fsp3) is 0.294. The van der Waals surface area contributed by atoms with Crippen LogP contribution in [-0.2, 0) is 9.84 Å². The third-order valence-corrected chi connectivity index (χ3v) is 6.28. The smallest absolute Gasteiger partial charge is 0.267 e. The maximum absolute atomic E-state index is 14.4. The van der Waals surface area contributed by atoms with Gasteiger partial charge in [-0.1, -0.05) is 0 Å². The lowest BCUT2D eigenvalue weighted by Crippen LogP contribution is -2.23. The molecule has 1 heterocycles. The van der Waals surface area contributed by atoms with Crippen LogP contribution in [0.1, 0.15) is 38.8 Å². The summed E-state index contributed by atoms with van der Waals surface area (Å²) in [6.45, 7) is 1.43. The first-order chi connectivity index (χ1) is 12.6. The predicted molar refractivity (Wildman–Crippen MR) is 94.8 cm³/mol. The fourth-order valence-corrected chi connectivity index (χ4v) is 4.94. The first-order valence-electron chi connectivity index (χ1n) is 7.77. The summed E-state index contributed by atoms with van der Waals surface area (Å²) >= 11 is 5.54. The van der Waals surface area contributed by atoms with Crippen molar-refractivity contribution in [3.63, 3.8) is 0 Å². The number of rotatable bonds is 7. The van der Waals surface area contributed by atoms with Crippen LogP contribution in [0.25, 0.3) is 0 Å². The summed E-state index contributed by atoms with van der Waals surface area (Å²) in [6, 6.07) is 2.42. The van der Waals surface area contributed by atoms with Crippen LogP contribution in [0, 0.1) is 24.4 Å². The van der Waals surface area contributed by atoms with Gasteiger partial charge in [-0.25, -0.2) is 21.6 Å². The van der Waals surface area contributed by atoms with E-state index in [1.165, 1.54) is 13.0 Å². The highest BCUT2D eigenvalue weighted by molar-refractivity contribution is 7.91. The van der Waals surface area contributed by atoms with Crippen LogP contribution < -0.4 is 5.73 Å². The summed E-state index contributed by atoms with van der Waals surface area (Å²) in [7, 11) is -4.20. The van der Waals surface area contributed by atoms with Gasteiger partial charge in [-0.15, -0.1) is 11.6 Å². The number of alkyl halides is 1. The van der Waals surface area contributed by atoms with Crippen molar-refractivity contribution in [3.05, 3.63) is 64.2 Å². The zero-order valence-electron chi connectivity index (χ0n) is 14.2. The van der Waals surface area contributed by atoms with Crippen LogP contribution in [0.3, 0.4) is 0 Å². The van der Waals surface area contributed by atoms with Crippen LogP contribution in [0.2, 0.25) is 0 Å². The number of halogens is 4. The Kier molecular flexibility index (Phi) is 6.48. The molecule has 1 amide bonds. The Labute approximate surface area is 159 Å². The molecule has 0 saturated heterocycles. The molecule has 0 aliphatic carbocycles. The van der Waals surface area contributed by atoms with Gasteiger partial charge >= 0.3 is 0 Å². The van der Waals surface area contributed by atoms with Crippen LogP contribution in [-0.4, -0.2) is 30.9 Å². The van der Waals surface area contributed by atoms with E-state index >= 15 is 0 Å². The lowest BCUT2D eigenvalue weighted by molar-refractivity contribution is 0.0995. The van der Waals surface area contributed by atoms with Gasteiger partial charge in [-0.3, -0.25) is 9.78 Å². The molecule has 1 unspecified atom stereocenters. The molecule has 27 heavy (non-hydrogen) atoms. The molecule has 2 rings (SSSR count). The molecule has 0 saturated carbocycles. The zero-order valence-corrected chi connectivity index (χ0v) is 15.7. The highest BCUT2D eigenvalue weighted by Crippen LogP contribution is 2.37. The summed E-state index contributed by atoms with van der Waals surface area (Å²) in [5, 5.41) is -1.86. The van der Waals surface area contributed by atoms with Crippen molar-refractivity contribution in [1.29, 1.82) is 0 Å². The molecule has 146 valence electrons. The fourth-order valence-electron chi connectivity index (χ4n) is 2.66. The lowest BCUT2D eigenvalue weighted by Gasteiger charge is -2.21. The van der Waals surface area contributed by atoms with Crippen LogP contribution >= 0.6 is 11.6 Å². The molecule has 0 fully saturated rings. The van der Waals surface area contributed by atoms with Crippen molar-refractivity contribution in [2.45, 2.75) is 18.6 Å². The number of aromatic nitrogens is 1. The highest BCUT2D eigenvalue weighted by atomic mass is 35.5. The van der Waals surface area contributed by atoms with E-state index in [2.05, 4.69) is 4.98 Å². The Morgan fingerprint density at radius 1 is 1.26 bits per heavy atom. The Morgan fingerprint density at radius 3 is 2.44 bits per heavy atom. The second-order valence-corrected chi connectivity index (χ2v) is 8.42. The summed E-state index contributed by atoms with van der Waals surface area (Å²) in [6.07, 6.45) is 1.03. The maximum Gasteiger partial charge on any atom is 0.267 e. The van der Waals surface area contributed by atoms with E-state index in [9.17, 15) is 26.4 Å². The van der Waals surface area contributed by atoms with Crippen LogP contribution in [0.5, 0.6) is 0 Å². The van der Waals surface area contributed by atoms with Gasteiger partial charge in [0.2, 0.25) is 0 Å². The number of carbonyl (C=O) groups excluding carboxylic acids is 1. The number of hydrogen-bond acceptors (Lipinski definition) is 4. The molecule has 0 aliphatic heterocycles. The van der Waals surface area contributed by atoms with Crippen molar-refractivity contribution in [3.8, 4) is 0 Å². The summed E-state index contributed by atoms with van der Waals surface area (Å²) < 4.78 is 68.2. The number of amides is 1. The molecule has 1 aromatic carbocycles. The number of sulfone groups is 1. The molecule has 2 N–H and O–H groups in total. The average Bonchev–Trinajstić information content (AvgIpc) is 2.60. The van der Waals surface area contributed by atoms with Gasteiger partial charge in [-0.2, -0.15) is 0 Å². The SMILES string of the molecule is Cc1cc(C(N)=O)ncc1C(c1c(F)ccc(F)c1F)S(=O)(=O)CCCCl. The third-order valence-electron chi connectivity index (χ3n) is 3.95. The Bertz CT molecular complexity index is 984. The number of aryl methyl sites for hydroxylation is 1. The Hall–Kier alpha value is -2.13. The number of pyridine rings is 1. The molecule has 0 radical (unpaired) electrons. The third kappa shape index (κ3) is 4.41. The summed E-state index contributed by atoms with van der Waals surface area (Å²) in [5.74, 6) is -5.52. The minimum Gasteiger partial charge on any atom is -0.364 e. The van der Waals surface area contributed by atoms with Gasteiger partial charge in [0.25, 0.3) is 5.91 Å². The zero-order chi connectivity index (χ0) is 20.4. The van der Waals surface area contributed by atoms with Gasteiger partial charge in [0.15, 0.2) is 21.5 Å². The van der Waals surface area contributed by atoms with E-state index in [4.69, 9.17) is 17.3 Å². The monoisotopic (exact) mass is 420 g/mol. The van der Waals surface area contributed by atoms with Gasteiger partial charge in [0, 0.05) is 17.6 Å². The second-order valence-electron chi connectivity index (χ2n) is 5.84. The number of primary amides is 1.